The lowest BCUT2D eigenvalue weighted by molar-refractivity contribution is 0.173. The summed E-state index contributed by atoms with van der Waals surface area (Å²) < 4.78 is 10.6. The molecule has 0 saturated heterocycles. The average Bonchev–Trinajstić information content (AvgIpc) is 2.95. The molecule has 0 spiro atoms. The molecule has 2 aromatic carbocycles. The van der Waals surface area contributed by atoms with Crippen LogP contribution in [0.25, 0.3) is 0 Å². The molecule has 20 heavy (non-hydrogen) atoms. The fourth-order valence-corrected chi connectivity index (χ4v) is 2.20. The summed E-state index contributed by atoms with van der Waals surface area (Å²) in [6.07, 6.45) is -0.495. The minimum Gasteiger partial charge on any atom is -0.454 e. The van der Waals surface area contributed by atoms with Gasteiger partial charge in [0.1, 0.15) is 0 Å². The fourth-order valence-electron chi connectivity index (χ4n) is 2.20. The molecule has 1 atom stereocenters. The maximum Gasteiger partial charge on any atom is 0.231 e. The van der Waals surface area contributed by atoms with Crippen LogP contribution in [0.3, 0.4) is 0 Å². The third kappa shape index (κ3) is 2.92. The Morgan fingerprint density at radius 2 is 1.85 bits per heavy atom. The molecular formula is C16H17NO3. The first-order chi connectivity index (χ1) is 9.83. The normalized spacial score (nSPS) is 14.2. The molecule has 0 unspecified atom stereocenters. The highest BCUT2D eigenvalue weighted by molar-refractivity contribution is 5.44. The molecule has 2 aromatic rings. The van der Waals surface area contributed by atoms with Crippen LogP contribution in [-0.2, 0) is 6.54 Å². The highest BCUT2D eigenvalue weighted by atomic mass is 16.7. The molecule has 4 heteroatoms. The van der Waals surface area contributed by atoms with E-state index in [9.17, 15) is 5.11 Å². The lowest BCUT2D eigenvalue weighted by Gasteiger charge is -2.12. The van der Waals surface area contributed by atoms with Crippen molar-refractivity contribution in [2.24, 2.45) is 0 Å². The van der Waals surface area contributed by atoms with Crippen molar-refractivity contribution in [1.82, 2.24) is 5.32 Å². The van der Waals surface area contributed by atoms with E-state index in [1.165, 1.54) is 0 Å². The molecule has 1 aliphatic rings. The molecule has 4 nitrogen and oxygen atoms in total. The number of aliphatic hydroxyl groups is 1. The van der Waals surface area contributed by atoms with Crippen LogP contribution in [0.1, 0.15) is 17.2 Å². The van der Waals surface area contributed by atoms with Crippen molar-refractivity contribution in [3.63, 3.8) is 0 Å². The first-order valence-electron chi connectivity index (χ1n) is 6.65. The maximum absolute atomic E-state index is 10.0. The summed E-state index contributed by atoms with van der Waals surface area (Å²) in [7, 11) is 0. The number of benzene rings is 2. The molecule has 0 aromatic heterocycles. The van der Waals surface area contributed by atoms with E-state index in [4.69, 9.17) is 9.47 Å². The van der Waals surface area contributed by atoms with Gasteiger partial charge in [-0.3, -0.25) is 0 Å². The molecule has 0 fully saturated rings. The Morgan fingerprint density at radius 1 is 1.05 bits per heavy atom. The van der Waals surface area contributed by atoms with Crippen LogP contribution in [-0.4, -0.2) is 18.4 Å². The maximum atomic E-state index is 10.0. The molecule has 0 aliphatic carbocycles. The number of hydrogen-bond acceptors (Lipinski definition) is 4. The minimum absolute atomic E-state index is 0.291. The van der Waals surface area contributed by atoms with Crippen molar-refractivity contribution in [2.75, 3.05) is 13.3 Å². The van der Waals surface area contributed by atoms with E-state index >= 15 is 0 Å². The molecule has 0 saturated carbocycles. The van der Waals surface area contributed by atoms with E-state index in [1.54, 1.807) is 0 Å². The molecule has 0 radical (unpaired) electrons. The second-order valence-corrected chi connectivity index (χ2v) is 4.74. The SMILES string of the molecule is O[C@@H](CNCc1ccc2c(c1)OCO2)c1ccccc1. The molecule has 1 heterocycles. The molecule has 0 amide bonds. The van der Waals surface area contributed by atoms with Crippen molar-refractivity contribution in [3.8, 4) is 11.5 Å². The summed E-state index contributed by atoms with van der Waals surface area (Å²) in [4.78, 5) is 0. The zero-order chi connectivity index (χ0) is 13.8. The average molecular weight is 271 g/mol. The lowest BCUT2D eigenvalue weighted by atomic mass is 10.1. The molecule has 3 rings (SSSR count). The molecule has 104 valence electrons. The third-order valence-corrected chi connectivity index (χ3v) is 3.29. The Hall–Kier alpha value is -2.04. The Kier molecular flexibility index (Phi) is 3.85. The van der Waals surface area contributed by atoms with Crippen LogP contribution in [0.5, 0.6) is 11.5 Å². The van der Waals surface area contributed by atoms with E-state index in [0.717, 1.165) is 22.6 Å². The number of rotatable bonds is 5. The second kappa shape index (κ2) is 5.94. The van der Waals surface area contributed by atoms with Crippen molar-refractivity contribution in [2.45, 2.75) is 12.6 Å². The van der Waals surface area contributed by atoms with Crippen LogP contribution in [0, 0.1) is 0 Å². The van der Waals surface area contributed by atoms with Crippen molar-refractivity contribution in [3.05, 3.63) is 59.7 Å². The van der Waals surface area contributed by atoms with Gasteiger partial charge >= 0.3 is 0 Å². The van der Waals surface area contributed by atoms with Gasteiger partial charge in [-0.1, -0.05) is 36.4 Å². The second-order valence-electron chi connectivity index (χ2n) is 4.74. The van der Waals surface area contributed by atoms with Crippen LogP contribution < -0.4 is 14.8 Å². The van der Waals surface area contributed by atoms with Gasteiger partial charge < -0.3 is 19.9 Å². The summed E-state index contributed by atoms with van der Waals surface area (Å²) in [5.41, 5.74) is 2.03. The Balaban J connectivity index is 1.53. The van der Waals surface area contributed by atoms with Gasteiger partial charge in [0, 0.05) is 13.1 Å². The van der Waals surface area contributed by atoms with Gasteiger partial charge in [-0.25, -0.2) is 0 Å². The summed E-state index contributed by atoms with van der Waals surface area (Å²) >= 11 is 0. The Bertz CT molecular complexity index is 571. The molecule has 1 aliphatic heterocycles. The zero-order valence-electron chi connectivity index (χ0n) is 11.1. The van der Waals surface area contributed by atoms with Gasteiger partial charge in [-0.05, 0) is 23.3 Å². The lowest BCUT2D eigenvalue weighted by Crippen LogP contribution is -2.21. The number of fused-ring (bicyclic) bond motifs is 1. The van der Waals surface area contributed by atoms with Crippen LogP contribution in [0.4, 0.5) is 0 Å². The number of nitrogens with one attached hydrogen (secondary N) is 1. The standard InChI is InChI=1S/C16H17NO3/c18-14(13-4-2-1-3-5-13)10-17-9-12-6-7-15-16(8-12)20-11-19-15/h1-8,14,17-18H,9-11H2/t14-/m0/s1. The van der Waals surface area contributed by atoms with Gasteiger partial charge in [-0.15, -0.1) is 0 Å². The molecular weight excluding hydrogens is 254 g/mol. The van der Waals surface area contributed by atoms with E-state index in [0.29, 0.717) is 19.9 Å². The number of hydrogen-bond donors (Lipinski definition) is 2. The van der Waals surface area contributed by atoms with Crippen LogP contribution in [0.2, 0.25) is 0 Å². The number of aliphatic hydroxyl groups excluding tert-OH is 1. The number of ether oxygens (including phenoxy) is 2. The summed E-state index contributed by atoms with van der Waals surface area (Å²) in [6.45, 7) is 1.48. The fraction of sp³-hybridized carbons (Fsp3) is 0.250. The van der Waals surface area contributed by atoms with E-state index in [2.05, 4.69) is 5.32 Å². The van der Waals surface area contributed by atoms with E-state index in [-0.39, 0.29) is 0 Å². The van der Waals surface area contributed by atoms with Crippen LogP contribution in [0.15, 0.2) is 48.5 Å². The highest BCUT2D eigenvalue weighted by Crippen LogP contribution is 2.32. The van der Waals surface area contributed by atoms with Crippen LogP contribution >= 0.6 is 0 Å². The summed E-state index contributed by atoms with van der Waals surface area (Å²) in [6, 6.07) is 15.5. The van der Waals surface area contributed by atoms with Crippen molar-refractivity contribution >= 4 is 0 Å². The molecule has 2 N–H and O–H groups in total. The first kappa shape index (κ1) is 13.0. The van der Waals surface area contributed by atoms with E-state index in [1.807, 2.05) is 48.5 Å². The Labute approximate surface area is 118 Å². The van der Waals surface area contributed by atoms with Gasteiger partial charge in [0.05, 0.1) is 6.10 Å². The van der Waals surface area contributed by atoms with Crippen molar-refractivity contribution in [1.29, 1.82) is 0 Å². The largest absolute Gasteiger partial charge is 0.454 e. The van der Waals surface area contributed by atoms with Gasteiger partial charge in [0.15, 0.2) is 11.5 Å². The van der Waals surface area contributed by atoms with Crippen molar-refractivity contribution < 1.29 is 14.6 Å². The zero-order valence-corrected chi connectivity index (χ0v) is 11.1. The summed E-state index contributed by atoms with van der Waals surface area (Å²) in [5.74, 6) is 1.57. The summed E-state index contributed by atoms with van der Waals surface area (Å²) in [5, 5.41) is 13.3. The monoisotopic (exact) mass is 271 g/mol. The predicted octanol–water partition coefficient (Wildman–Crippen LogP) is 2.24. The third-order valence-electron chi connectivity index (χ3n) is 3.29. The highest BCUT2D eigenvalue weighted by Gasteiger charge is 2.13. The molecule has 0 bridgehead atoms. The van der Waals surface area contributed by atoms with Gasteiger partial charge in [0.25, 0.3) is 0 Å². The van der Waals surface area contributed by atoms with E-state index < -0.39 is 6.10 Å². The smallest absolute Gasteiger partial charge is 0.231 e. The Morgan fingerprint density at radius 3 is 2.70 bits per heavy atom. The predicted molar refractivity (Wildman–Crippen MR) is 75.7 cm³/mol. The first-order valence-corrected chi connectivity index (χ1v) is 6.65. The quantitative estimate of drug-likeness (QED) is 0.875. The topological polar surface area (TPSA) is 50.7 Å². The van der Waals surface area contributed by atoms with Gasteiger partial charge in [-0.2, -0.15) is 0 Å². The minimum atomic E-state index is -0.495. The van der Waals surface area contributed by atoms with Gasteiger partial charge in [0.2, 0.25) is 6.79 Å².